The van der Waals surface area contributed by atoms with Crippen molar-refractivity contribution in [1.29, 1.82) is 0 Å². The van der Waals surface area contributed by atoms with E-state index in [2.05, 4.69) is 5.43 Å². The van der Waals surface area contributed by atoms with Crippen LogP contribution in [0.3, 0.4) is 0 Å². The molecule has 1 aromatic rings. The topological polar surface area (TPSA) is 76.8 Å². The molecule has 2 rings (SSSR count). The van der Waals surface area contributed by atoms with Crippen LogP contribution in [0, 0.1) is 0 Å². The summed E-state index contributed by atoms with van der Waals surface area (Å²) in [5, 5.41) is 0.512. The van der Waals surface area contributed by atoms with Gasteiger partial charge in [0.2, 0.25) is 0 Å². The molecule has 7 heteroatoms. The van der Waals surface area contributed by atoms with Gasteiger partial charge in [-0.1, -0.05) is 17.7 Å². The molecule has 1 amide bonds. The lowest BCUT2D eigenvalue weighted by molar-refractivity contribution is -0.0626. The molecule has 6 nitrogen and oxygen atoms in total. The Balaban J connectivity index is 2.35. The molecule has 1 aromatic carbocycles. The monoisotopic (exact) mass is 341 g/mol. The van der Waals surface area contributed by atoms with Crippen molar-refractivity contribution < 1.29 is 14.3 Å². The van der Waals surface area contributed by atoms with E-state index in [4.69, 9.17) is 26.9 Å². The number of amides is 1. The number of hydrogen-bond donors (Lipinski definition) is 2. The molecule has 1 aliphatic heterocycles. The fourth-order valence-corrected chi connectivity index (χ4v) is 2.74. The van der Waals surface area contributed by atoms with Crippen LogP contribution < -0.4 is 11.3 Å². The van der Waals surface area contributed by atoms with E-state index in [1.165, 1.54) is 0 Å². The lowest BCUT2D eigenvalue weighted by Crippen LogP contribution is -2.47. The second kappa shape index (κ2) is 6.19. The predicted octanol–water partition coefficient (Wildman–Crippen LogP) is 3.67. The molecule has 1 saturated heterocycles. The van der Waals surface area contributed by atoms with Gasteiger partial charge in [-0.3, -0.25) is 10.7 Å². The van der Waals surface area contributed by atoms with Crippen molar-refractivity contribution in [3.8, 4) is 0 Å². The zero-order chi connectivity index (χ0) is 17.4. The molecule has 3 N–H and O–H groups in total. The molecule has 0 spiro atoms. The van der Waals surface area contributed by atoms with Gasteiger partial charge in [0, 0.05) is 0 Å². The standard InChI is InChI=1S/C16H24ClN3O3/c1-15(2,3)23-14(21)20-13(9-22-16(20,4)5)10-6-7-11(17)12(8-10)19-18/h6-8,13,19H,9,18H2,1-5H3. The predicted molar refractivity (Wildman–Crippen MR) is 90.1 cm³/mol. The first-order chi connectivity index (χ1) is 10.5. The summed E-state index contributed by atoms with van der Waals surface area (Å²) in [7, 11) is 0. The van der Waals surface area contributed by atoms with Crippen molar-refractivity contribution in [3.63, 3.8) is 0 Å². The molecule has 128 valence electrons. The number of halogens is 1. The Bertz CT molecular complexity index is 599. The van der Waals surface area contributed by atoms with Crippen LogP contribution >= 0.6 is 11.6 Å². The molecule has 0 bridgehead atoms. The van der Waals surface area contributed by atoms with Crippen LogP contribution in [0.15, 0.2) is 18.2 Å². The highest BCUT2D eigenvalue weighted by atomic mass is 35.5. The highest BCUT2D eigenvalue weighted by Crippen LogP contribution is 2.39. The number of nitrogens with one attached hydrogen (secondary N) is 1. The fourth-order valence-electron chi connectivity index (χ4n) is 2.57. The van der Waals surface area contributed by atoms with Gasteiger partial charge in [0.1, 0.15) is 11.3 Å². The number of benzene rings is 1. The highest BCUT2D eigenvalue weighted by molar-refractivity contribution is 6.33. The smallest absolute Gasteiger partial charge is 0.413 e. The van der Waals surface area contributed by atoms with Gasteiger partial charge in [0.05, 0.1) is 23.4 Å². The lowest BCUT2D eigenvalue weighted by atomic mass is 10.0. The minimum Gasteiger partial charge on any atom is -0.444 e. The minimum atomic E-state index is -0.761. The van der Waals surface area contributed by atoms with Crippen LogP contribution in [0.2, 0.25) is 5.02 Å². The first-order valence-electron chi connectivity index (χ1n) is 7.47. The molecule has 23 heavy (non-hydrogen) atoms. The van der Waals surface area contributed by atoms with E-state index in [0.717, 1.165) is 5.56 Å². The van der Waals surface area contributed by atoms with Gasteiger partial charge >= 0.3 is 6.09 Å². The van der Waals surface area contributed by atoms with Crippen LogP contribution in [0.4, 0.5) is 10.5 Å². The van der Waals surface area contributed by atoms with Crippen molar-refractivity contribution in [2.24, 2.45) is 5.84 Å². The van der Waals surface area contributed by atoms with Gasteiger partial charge in [0.15, 0.2) is 0 Å². The molecule has 1 heterocycles. The van der Waals surface area contributed by atoms with Crippen LogP contribution in [0.25, 0.3) is 0 Å². The van der Waals surface area contributed by atoms with Gasteiger partial charge in [-0.2, -0.15) is 0 Å². The fraction of sp³-hybridized carbons (Fsp3) is 0.562. The molecule has 0 aromatic heterocycles. The normalized spacial score (nSPS) is 20.5. The van der Waals surface area contributed by atoms with E-state index < -0.39 is 17.4 Å². The number of ether oxygens (including phenoxy) is 2. The second-order valence-electron chi connectivity index (χ2n) is 7.01. The van der Waals surface area contributed by atoms with Crippen LogP contribution in [0.1, 0.15) is 46.2 Å². The number of nitrogen functional groups attached to an aromatic ring is 1. The van der Waals surface area contributed by atoms with Crippen LogP contribution in [0.5, 0.6) is 0 Å². The van der Waals surface area contributed by atoms with E-state index in [9.17, 15) is 4.79 Å². The van der Waals surface area contributed by atoms with Gasteiger partial charge in [-0.05, 0) is 52.3 Å². The summed E-state index contributed by atoms with van der Waals surface area (Å²) >= 11 is 6.07. The third-order valence-electron chi connectivity index (χ3n) is 3.61. The molecule has 0 saturated carbocycles. The van der Waals surface area contributed by atoms with E-state index in [-0.39, 0.29) is 6.04 Å². The van der Waals surface area contributed by atoms with Gasteiger partial charge in [-0.15, -0.1) is 0 Å². The van der Waals surface area contributed by atoms with Crippen molar-refractivity contribution in [2.45, 2.75) is 52.0 Å². The second-order valence-corrected chi connectivity index (χ2v) is 7.41. The minimum absolute atomic E-state index is 0.274. The molecule has 1 atom stereocenters. The lowest BCUT2D eigenvalue weighted by Gasteiger charge is -2.35. The summed E-state index contributed by atoms with van der Waals surface area (Å²) in [4.78, 5) is 14.3. The Hall–Kier alpha value is -1.50. The van der Waals surface area contributed by atoms with E-state index >= 15 is 0 Å². The summed E-state index contributed by atoms with van der Waals surface area (Å²) in [6.45, 7) is 9.56. The molecule has 1 aliphatic rings. The SMILES string of the molecule is CC(C)(C)OC(=O)N1C(c2ccc(Cl)c(NN)c2)COC1(C)C. The molecule has 0 aliphatic carbocycles. The first-order valence-corrected chi connectivity index (χ1v) is 7.85. The highest BCUT2D eigenvalue weighted by Gasteiger charge is 2.46. The maximum Gasteiger partial charge on any atom is 0.413 e. The maximum absolute atomic E-state index is 12.6. The number of anilines is 1. The molecular formula is C16H24ClN3O3. The van der Waals surface area contributed by atoms with Crippen molar-refractivity contribution in [2.75, 3.05) is 12.0 Å². The maximum atomic E-state index is 12.6. The van der Waals surface area contributed by atoms with Gasteiger partial charge < -0.3 is 14.9 Å². The largest absolute Gasteiger partial charge is 0.444 e. The molecular weight excluding hydrogens is 318 g/mol. The third kappa shape index (κ3) is 3.88. The molecule has 0 radical (unpaired) electrons. The summed E-state index contributed by atoms with van der Waals surface area (Å²) in [5.74, 6) is 5.48. The third-order valence-corrected chi connectivity index (χ3v) is 3.94. The van der Waals surface area contributed by atoms with Crippen molar-refractivity contribution >= 4 is 23.4 Å². The van der Waals surface area contributed by atoms with Crippen LogP contribution in [-0.4, -0.2) is 28.9 Å². The number of hydrogen-bond acceptors (Lipinski definition) is 5. The number of nitrogens with zero attached hydrogens (tertiary/aromatic N) is 1. The quantitative estimate of drug-likeness (QED) is 0.634. The zero-order valence-corrected chi connectivity index (χ0v) is 14.9. The van der Waals surface area contributed by atoms with Crippen molar-refractivity contribution in [1.82, 2.24) is 4.90 Å². The van der Waals surface area contributed by atoms with E-state index in [1.807, 2.05) is 46.8 Å². The van der Waals surface area contributed by atoms with E-state index in [0.29, 0.717) is 17.3 Å². The number of carbonyl (C=O) groups excluding carboxylic acids is 1. The Morgan fingerprint density at radius 3 is 2.70 bits per heavy atom. The molecule has 1 unspecified atom stereocenters. The number of nitrogens with two attached hydrogens (primary N) is 1. The average Bonchev–Trinajstić information content (AvgIpc) is 2.73. The number of rotatable bonds is 2. The zero-order valence-electron chi connectivity index (χ0n) is 14.1. The summed E-state index contributed by atoms with van der Waals surface area (Å²) in [6, 6.07) is 5.14. The van der Waals surface area contributed by atoms with E-state index in [1.54, 1.807) is 11.0 Å². The summed E-state index contributed by atoms with van der Waals surface area (Å²) in [6.07, 6.45) is -0.415. The van der Waals surface area contributed by atoms with Gasteiger partial charge in [-0.25, -0.2) is 4.79 Å². The summed E-state index contributed by atoms with van der Waals surface area (Å²) < 4.78 is 11.3. The number of hydrazine groups is 1. The Morgan fingerprint density at radius 1 is 1.48 bits per heavy atom. The Kier molecular flexibility index (Phi) is 4.80. The number of carbonyl (C=O) groups is 1. The average molecular weight is 342 g/mol. The van der Waals surface area contributed by atoms with Crippen molar-refractivity contribution in [3.05, 3.63) is 28.8 Å². The van der Waals surface area contributed by atoms with Crippen LogP contribution in [-0.2, 0) is 9.47 Å². The Morgan fingerprint density at radius 2 is 2.13 bits per heavy atom. The Labute approximate surface area is 141 Å². The summed E-state index contributed by atoms with van der Waals surface area (Å²) in [5.41, 5.74) is 2.68. The van der Waals surface area contributed by atoms with Gasteiger partial charge in [0.25, 0.3) is 0 Å². The first kappa shape index (κ1) is 17.8. The molecule has 1 fully saturated rings.